The third kappa shape index (κ3) is 3.91. The van der Waals surface area contributed by atoms with Crippen LogP contribution in [0.4, 0.5) is 5.82 Å². The van der Waals surface area contributed by atoms with Crippen LogP contribution in [-0.2, 0) is 9.53 Å². The summed E-state index contributed by atoms with van der Waals surface area (Å²) in [6.07, 6.45) is -0.0776. The summed E-state index contributed by atoms with van der Waals surface area (Å²) in [6, 6.07) is 3.06. The maximum absolute atomic E-state index is 12.2. The standard InChI is InChI=1S/C14H19N3O5/c1-9-4-5-12(14(15-9)17(19)20)21-8-13(18)16-6-10(2)22-11(3)7-16/h4-5,10-11H,6-8H2,1-3H3/t10-,11+. The zero-order valence-electron chi connectivity index (χ0n) is 12.8. The average molecular weight is 309 g/mol. The first kappa shape index (κ1) is 16.2. The SMILES string of the molecule is Cc1ccc(OCC(=O)N2C[C@@H](C)O[C@@H](C)C2)c([N+](=O)[O-])n1. The zero-order chi connectivity index (χ0) is 16.3. The second kappa shape index (κ2) is 6.69. The predicted octanol–water partition coefficient (Wildman–Crippen LogP) is 1.31. The van der Waals surface area contributed by atoms with E-state index < -0.39 is 4.92 Å². The summed E-state index contributed by atoms with van der Waals surface area (Å²) in [4.78, 5) is 28.0. The van der Waals surface area contributed by atoms with Crippen molar-refractivity contribution < 1.29 is 19.2 Å². The maximum atomic E-state index is 12.2. The van der Waals surface area contributed by atoms with Gasteiger partial charge < -0.3 is 24.5 Å². The van der Waals surface area contributed by atoms with Gasteiger partial charge in [0, 0.05) is 20.0 Å². The van der Waals surface area contributed by atoms with E-state index in [0.717, 1.165) is 0 Å². The number of aromatic nitrogens is 1. The van der Waals surface area contributed by atoms with Gasteiger partial charge in [0.15, 0.2) is 6.61 Å². The molecule has 0 bridgehead atoms. The van der Waals surface area contributed by atoms with Crippen molar-refractivity contribution in [2.45, 2.75) is 33.0 Å². The van der Waals surface area contributed by atoms with E-state index in [0.29, 0.717) is 18.8 Å². The van der Waals surface area contributed by atoms with E-state index in [-0.39, 0.29) is 36.3 Å². The van der Waals surface area contributed by atoms with Gasteiger partial charge in [-0.1, -0.05) is 0 Å². The normalized spacial score (nSPS) is 21.5. The molecule has 8 heteroatoms. The number of nitrogens with zero attached hydrogens (tertiary/aromatic N) is 3. The third-order valence-corrected chi connectivity index (χ3v) is 3.27. The molecule has 1 aliphatic heterocycles. The molecule has 2 atom stereocenters. The van der Waals surface area contributed by atoms with Crippen LogP contribution >= 0.6 is 0 Å². The van der Waals surface area contributed by atoms with Crippen molar-refractivity contribution in [3.8, 4) is 5.75 Å². The highest BCUT2D eigenvalue weighted by atomic mass is 16.6. The number of carbonyl (C=O) groups is 1. The Labute approximate surface area is 128 Å². The monoisotopic (exact) mass is 309 g/mol. The van der Waals surface area contributed by atoms with Gasteiger partial charge in [-0.15, -0.1) is 0 Å². The fraction of sp³-hybridized carbons (Fsp3) is 0.571. The Balaban J connectivity index is 2.01. The van der Waals surface area contributed by atoms with Gasteiger partial charge in [-0.25, -0.2) is 0 Å². The van der Waals surface area contributed by atoms with Gasteiger partial charge in [0.1, 0.15) is 5.69 Å². The summed E-state index contributed by atoms with van der Waals surface area (Å²) in [7, 11) is 0. The Morgan fingerprint density at radius 1 is 1.45 bits per heavy atom. The van der Waals surface area contributed by atoms with E-state index in [1.807, 2.05) is 13.8 Å². The molecule has 120 valence electrons. The molecule has 1 aromatic rings. The minimum absolute atomic E-state index is 0.00157. The van der Waals surface area contributed by atoms with Crippen LogP contribution in [0.5, 0.6) is 5.75 Å². The van der Waals surface area contributed by atoms with Crippen molar-refractivity contribution in [2.75, 3.05) is 19.7 Å². The second-order valence-corrected chi connectivity index (χ2v) is 5.38. The van der Waals surface area contributed by atoms with Crippen molar-refractivity contribution in [1.82, 2.24) is 9.88 Å². The van der Waals surface area contributed by atoms with Gasteiger partial charge in [0.2, 0.25) is 5.75 Å². The van der Waals surface area contributed by atoms with E-state index >= 15 is 0 Å². The fourth-order valence-corrected chi connectivity index (χ4v) is 2.39. The third-order valence-electron chi connectivity index (χ3n) is 3.27. The molecule has 0 aromatic carbocycles. The number of nitro groups is 1. The number of hydrogen-bond acceptors (Lipinski definition) is 6. The van der Waals surface area contributed by atoms with Crippen LogP contribution in [0.3, 0.4) is 0 Å². The molecule has 0 aliphatic carbocycles. The molecule has 1 aromatic heterocycles. The molecule has 1 amide bonds. The lowest BCUT2D eigenvalue weighted by atomic mass is 10.2. The fourth-order valence-electron chi connectivity index (χ4n) is 2.39. The van der Waals surface area contributed by atoms with Crippen LogP contribution in [-0.4, -0.2) is 52.6 Å². The van der Waals surface area contributed by atoms with Crippen LogP contribution in [0.2, 0.25) is 0 Å². The van der Waals surface area contributed by atoms with Crippen molar-refractivity contribution >= 4 is 11.7 Å². The molecule has 2 rings (SSSR count). The summed E-state index contributed by atoms with van der Waals surface area (Å²) in [5.74, 6) is -0.605. The molecule has 0 unspecified atom stereocenters. The average Bonchev–Trinajstić information content (AvgIpc) is 2.44. The molecule has 0 N–H and O–H groups in total. The number of ether oxygens (including phenoxy) is 2. The minimum Gasteiger partial charge on any atom is -0.476 e. The number of hydrogen-bond donors (Lipinski definition) is 0. The summed E-state index contributed by atoms with van der Waals surface area (Å²) in [6.45, 7) is 6.15. The van der Waals surface area contributed by atoms with Crippen LogP contribution in [0.1, 0.15) is 19.5 Å². The number of rotatable bonds is 4. The molecule has 1 aliphatic rings. The molecule has 1 saturated heterocycles. The van der Waals surface area contributed by atoms with Gasteiger partial charge in [-0.2, -0.15) is 0 Å². The lowest BCUT2D eigenvalue weighted by molar-refractivity contribution is -0.390. The van der Waals surface area contributed by atoms with E-state index in [1.54, 1.807) is 17.9 Å². The molecular formula is C14H19N3O5. The van der Waals surface area contributed by atoms with Crippen LogP contribution in [0, 0.1) is 17.0 Å². The first-order valence-electron chi connectivity index (χ1n) is 7.05. The first-order chi connectivity index (χ1) is 10.4. The lowest BCUT2D eigenvalue weighted by Gasteiger charge is -2.35. The van der Waals surface area contributed by atoms with Gasteiger partial charge in [0.25, 0.3) is 5.91 Å². The van der Waals surface area contributed by atoms with Crippen LogP contribution in [0.25, 0.3) is 0 Å². The zero-order valence-corrected chi connectivity index (χ0v) is 12.8. The second-order valence-electron chi connectivity index (χ2n) is 5.38. The Kier molecular flexibility index (Phi) is 4.92. The van der Waals surface area contributed by atoms with Crippen molar-refractivity contribution in [2.24, 2.45) is 0 Å². The van der Waals surface area contributed by atoms with Gasteiger partial charge in [0.05, 0.1) is 12.2 Å². The summed E-state index contributed by atoms with van der Waals surface area (Å²) in [5.41, 5.74) is 0.515. The molecule has 1 fully saturated rings. The molecule has 2 heterocycles. The highest BCUT2D eigenvalue weighted by molar-refractivity contribution is 5.78. The van der Waals surface area contributed by atoms with Crippen LogP contribution < -0.4 is 4.74 Å². The number of aryl methyl sites for hydroxylation is 1. The van der Waals surface area contributed by atoms with Crippen molar-refractivity contribution in [3.05, 3.63) is 27.9 Å². The largest absolute Gasteiger partial charge is 0.476 e. The summed E-state index contributed by atoms with van der Waals surface area (Å²) < 4.78 is 10.9. The summed E-state index contributed by atoms with van der Waals surface area (Å²) in [5, 5.41) is 11.0. The quantitative estimate of drug-likeness (QED) is 0.615. The minimum atomic E-state index is -0.619. The number of carbonyl (C=O) groups excluding carboxylic acids is 1. The number of amides is 1. The highest BCUT2D eigenvalue weighted by Gasteiger charge is 2.27. The molecule has 8 nitrogen and oxygen atoms in total. The highest BCUT2D eigenvalue weighted by Crippen LogP contribution is 2.24. The van der Waals surface area contributed by atoms with E-state index in [9.17, 15) is 14.9 Å². The Hall–Kier alpha value is -2.22. The molecule has 0 saturated carbocycles. The van der Waals surface area contributed by atoms with Gasteiger partial charge in [-0.05, 0) is 35.9 Å². The molecule has 22 heavy (non-hydrogen) atoms. The predicted molar refractivity (Wildman–Crippen MR) is 77.7 cm³/mol. The molecule has 0 spiro atoms. The van der Waals surface area contributed by atoms with E-state index in [4.69, 9.17) is 9.47 Å². The number of morpholine rings is 1. The lowest BCUT2D eigenvalue weighted by Crippen LogP contribution is -2.49. The van der Waals surface area contributed by atoms with Gasteiger partial charge >= 0.3 is 5.82 Å². The topological polar surface area (TPSA) is 94.8 Å². The smallest absolute Gasteiger partial charge is 0.406 e. The van der Waals surface area contributed by atoms with Gasteiger partial charge in [-0.3, -0.25) is 4.79 Å². The number of pyridine rings is 1. The Morgan fingerprint density at radius 3 is 2.68 bits per heavy atom. The van der Waals surface area contributed by atoms with Crippen molar-refractivity contribution in [1.29, 1.82) is 0 Å². The van der Waals surface area contributed by atoms with Crippen LogP contribution in [0.15, 0.2) is 12.1 Å². The van der Waals surface area contributed by atoms with Crippen molar-refractivity contribution in [3.63, 3.8) is 0 Å². The van der Waals surface area contributed by atoms with E-state index in [2.05, 4.69) is 4.98 Å². The summed E-state index contributed by atoms with van der Waals surface area (Å²) >= 11 is 0. The molecular weight excluding hydrogens is 290 g/mol. The first-order valence-corrected chi connectivity index (χ1v) is 7.05. The molecule has 0 radical (unpaired) electrons. The van der Waals surface area contributed by atoms with E-state index in [1.165, 1.54) is 6.07 Å². The Morgan fingerprint density at radius 2 is 2.09 bits per heavy atom. The maximum Gasteiger partial charge on any atom is 0.406 e. The Bertz CT molecular complexity index is 568.